The smallest absolute Gasteiger partial charge is 0.327 e. The number of aromatic nitrogens is 6. The Morgan fingerprint density at radius 3 is 0.759 bits per heavy atom. The van der Waals surface area contributed by atoms with Crippen molar-refractivity contribution in [3.63, 3.8) is 0 Å². The van der Waals surface area contributed by atoms with Gasteiger partial charge in [0.05, 0.1) is 42.8 Å². The molecule has 50 N–H and O–H groups in total. The number of carbonyl (C=O) groups excluding carboxylic acids is 13. The minimum atomic E-state index is -4.62. The van der Waals surface area contributed by atoms with Crippen LogP contribution in [-0.2, 0) is 102 Å². The van der Waals surface area contributed by atoms with E-state index in [4.69, 9.17) is 89.8 Å². The maximum atomic E-state index is 14.9. The third-order valence-corrected chi connectivity index (χ3v) is 22.5. The predicted molar refractivity (Wildman–Crippen MR) is 513 cm³/mol. The van der Waals surface area contributed by atoms with E-state index in [0.29, 0.717) is 12.8 Å². The van der Waals surface area contributed by atoms with Gasteiger partial charge in [0.15, 0.2) is 35.8 Å². The molecule has 0 aliphatic heterocycles. The first-order valence-corrected chi connectivity index (χ1v) is 49.3. The molecule has 0 bridgehead atoms. The van der Waals surface area contributed by atoms with E-state index in [9.17, 15) is 101 Å². The lowest BCUT2D eigenvalue weighted by atomic mass is 10.0. The number of carboxylic acid groups (broad SMARTS) is 1. The summed E-state index contributed by atoms with van der Waals surface area (Å²) in [6, 6.07) is -21.7. The molecule has 141 heavy (non-hydrogen) atoms. The molecule has 0 fully saturated rings. The summed E-state index contributed by atoms with van der Waals surface area (Å²) in [5.41, 5.74) is 56.5. The highest BCUT2D eigenvalue weighted by molar-refractivity contribution is 7.52. The van der Waals surface area contributed by atoms with Crippen LogP contribution >= 0.6 is 15.2 Å². The third kappa shape index (κ3) is 54.7. The predicted octanol–water partition coefficient (Wildman–Crippen LogP) is -13.2. The van der Waals surface area contributed by atoms with E-state index in [0.717, 1.165) is 9.36 Å². The fourth-order valence-electron chi connectivity index (χ4n) is 13.3. The van der Waals surface area contributed by atoms with E-state index in [1.165, 1.54) is 33.2 Å². The minimum absolute atomic E-state index is 0.00869. The van der Waals surface area contributed by atoms with Gasteiger partial charge in [0.2, 0.25) is 76.8 Å². The summed E-state index contributed by atoms with van der Waals surface area (Å²) < 4.78 is 25.7. The van der Waals surface area contributed by atoms with Crippen LogP contribution in [0.1, 0.15) is 167 Å². The maximum Gasteiger partial charge on any atom is 0.327 e. The number of unbranched alkanes of at least 4 members (excludes halogenated alkanes) is 3. The van der Waals surface area contributed by atoms with Gasteiger partial charge in [-0.2, -0.15) is 0 Å². The van der Waals surface area contributed by atoms with E-state index < -0.39 is 244 Å². The molecule has 0 aromatic carbocycles. The zero-order valence-corrected chi connectivity index (χ0v) is 81.1. The topological polar surface area (TPSA) is 1070 Å². The van der Waals surface area contributed by atoms with Crippen molar-refractivity contribution in [1.29, 1.82) is 32.5 Å². The zero-order chi connectivity index (χ0) is 106. The molecule has 0 radical (unpaired) electrons. The lowest BCUT2D eigenvalue weighted by Gasteiger charge is -2.28. The average molecular weight is 2050 g/mol. The van der Waals surface area contributed by atoms with Crippen LogP contribution in [0.2, 0.25) is 0 Å². The van der Waals surface area contributed by atoms with E-state index >= 15 is 0 Å². The monoisotopic (exact) mass is 2040 g/mol. The molecule has 14 atom stereocenters. The molecule has 0 spiro atoms. The van der Waals surface area contributed by atoms with E-state index in [1.807, 2.05) is 0 Å². The van der Waals surface area contributed by atoms with Gasteiger partial charge in [0, 0.05) is 64.5 Å². The maximum absolute atomic E-state index is 14.9. The number of aryl methyl sites for hydroxylation is 2. The van der Waals surface area contributed by atoms with Crippen molar-refractivity contribution >= 4 is 134 Å². The van der Waals surface area contributed by atoms with Gasteiger partial charge in [-0.1, -0.05) is 10.4 Å². The number of nitrogens with one attached hydrogen (secondary N) is 25. The van der Waals surface area contributed by atoms with Gasteiger partial charge in [-0.05, 0) is 175 Å². The fraction of sp³-hybridized carbons (Fsp3) is 0.688. The number of nitrogens with two attached hydrogens (primary N) is 10. The van der Waals surface area contributed by atoms with E-state index in [-0.39, 0.29) is 205 Å². The highest BCUT2D eigenvalue weighted by Gasteiger charge is 2.38. The number of carbonyl (C=O) groups is 14. The van der Waals surface area contributed by atoms with Crippen LogP contribution in [0.5, 0.6) is 0 Å². The molecule has 796 valence electrons. The Bertz CT molecular complexity index is 4540. The number of amides is 13. The second-order valence-electron chi connectivity index (χ2n) is 33.1. The van der Waals surface area contributed by atoms with Crippen LogP contribution in [0.4, 0.5) is 0 Å². The molecule has 0 aliphatic carbocycles. The Labute approximate surface area is 813 Å². The molecule has 62 nitrogen and oxygen atoms in total. The van der Waals surface area contributed by atoms with Gasteiger partial charge in [-0.25, -0.2) is 4.79 Å². The quantitative estimate of drug-likeness (QED) is 0.0127. The standard InChI is InChI=1S/C77H147N41O21P2/c1-42(100-62(123)50(20-11-29-95-73(84)85)106-64(125)52(22-13-31-97-75(88)89)108-66(127)54(24-15-33-99-77(92)93)109-65(126)53(23-14-32-98-76(90)91)107-63(124)51(21-12-30-96-74(86)87)105-61(122)47(81)16-10-28-94-72(82)83)58(119)103-48(17-4-7-25-78)67(128)111-56(38-45-40-117(115-113-45)34-36-140(134,135)136)69(130)101-43(2)59(120)104-49(18-5-8-26-79)68(129)112-57(39-46-41-118(116-114-46)35-37-141(137,138)139)70(131)102-44(3)60(121)110-55(71(132)133)19-6-9-27-80/h40-44,47-57H,4-39,78-81H2,1-3H3,(H,100,123)(H,101,130)(H,102,131)(H,103,119)(H,104,120)(H,105,122)(H,106,125)(H,107,124)(H,108,127)(H,109,126)(H,110,121)(H,111,128)(H,112,129)(H,132,133)(H4,82,83,94)(H4,84,85,95)(H4,86,87,96)(H4,88,89,97)(H4,90,91,98)(H4,92,93,99)(H2,134,135,136)(H2,137,138,139)/t42-,43-,44-,47-,48-,49-,50-,51-,52-,53-,54-,55-,56-,57-/m0/s1. The van der Waals surface area contributed by atoms with Crippen molar-refractivity contribution in [2.24, 2.45) is 57.3 Å². The molecule has 0 aliphatic rings. The SMILES string of the molecule is C[C@H](NC(=O)[C@H](Cc1cn(CCP(=O)(O)O)nn1)NC(=O)[C@H](CCCCN)NC(=O)[C@H](C)NC(=O)[C@H](Cc1cn(CCP(=O)(O)O)nn1)NC(=O)[C@H](CCCCN)NC(=O)[C@H](C)NC(=O)[C@H](CCCNC(=N)N)NC(=O)[C@H](CCCNC(=N)N)NC(=O)[C@H](CCCNC(=N)N)NC(=O)[C@H](CCCNC(=N)N)NC(=O)[C@H](CCCNC(=N)N)NC(=O)[C@@H](N)CCCNC(=N)N)C(=O)N[C@@H](CCCCN)C(=O)O. The normalized spacial score (nSPS) is 14.2. The van der Waals surface area contributed by atoms with Gasteiger partial charge < -0.3 is 183 Å². The lowest BCUT2D eigenvalue weighted by Crippen LogP contribution is -2.60. The van der Waals surface area contributed by atoms with E-state index in [1.54, 1.807) is 0 Å². The molecule has 2 aromatic heterocycles. The Hall–Kier alpha value is -13.4. The number of aliphatic carboxylic acids is 1. The Kier molecular flexibility index (Phi) is 58.1. The molecular weight excluding hydrogens is 1900 g/mol. The first-order chi connectivity index (χ1) is 66.3. The van der Waals surface area contributed by atoms with Crippen molar-refractivity contribution in [1.82, 2.24) is 131 Å². The first kappa shape index (κ1) is 124. The van der Waals surface area contributed by atoms with Gasteiger partial charge in [-0.15, -0.1) is 10.2 Å². The summed E-state index contributed by atoms with van der Waals surface area (Å²) in [7, 11) is -9.18. The highest BCUT2D eigenvalue weighted by atomic mass is 31.2. The molecule has 0 unspecified atom stereocenters. The Morgan fingerprint density at radius 1 is 0.312 bits per heavy atom. The number of rotatable bonds is 73. The summed E-state index contributed by atoms with van der Waals surface area (Å²) in [5.74, 6) is -17.1. The lowest BCUT2D eigenvalue weighted by molar-refractivity contribution is -0.142. The van der Waals surface area contributed by atoms with Crippen molar-refractivity contribution < 1.29 is 101 Å². The molecular formula is C77H147N41O21P2. The Morgan fingerprint density at radius 2 is 0.518 bits per heavy atom. The van der Waals surface area contributed by atoms with Crippen LogP contribution in [0.3, 0.4) is 0 Å². The van der Waals surface area contributed by atoms with Gasteiger partial charge in [0.1, 0.15) is 78.5 Å². The van der Waals surface area contributed by atoms with Crippen LogP contribution in [0.25, 0.3) is 0 Å². The molecule has 0 saturated carbocycles. The van der Waals surface area contributed by atoms with Crippen molar-refractivity contribution in [3.05, 3.63) is 23.8 Å². The molecule has 64 heteroatoms. The summed E-state index contributed by atoms with van der Waals surface area (Å²) in [4.78, 5) is 239. The van der Waals surface area contributed by atoms with Crippen LogP contribution in [0, 0.1) is 32.5 Å². The average Bonchev–Trinajstić information content (AvgIpc) is 1.85. The van der Waals surface area contributed by atoms with Gasteiger partial charge in [0.25, 0.3) is 0 Å². The van der Waals surface area contributed by atoms with Crippen LogP contribution in [0.15, 0.2) is 12.4 Å². The third-order valence-electron chi connectivity index (χ3n) is 20.9. The summed E-state index contributed by atoms with van der Waals surface area (Å²) in [6.07, 6.45) is 0.378. The zero-order valence-electron chi connectivity index (χ0n) is 79.3. The molecule has 2 heterocycles. The molecule has 13 amide bonds. The number of hydrogen-bond donors (Lipinski definition) is 40. The summed E-state index contributed by atoms with van der Waals surface area (Å²) in [5, 5.41) is 120. The van der Waals surface area contributed by atoms with Crippen LogP contribution in [-0.4, -0.2) is 329 Å². The first-order valence-electron chi connectivity index (χ1n) is 45.7. The summed E-state index contributed by atoms with van der Waals surface area (Å²) >= 11 is 0. The second-order valence-corrected chi connectivity index (χ2v) is 36.7. The number of nitrogens with zero attached hydrogens (tertiary/aromatic N) is 6. The largest absolute Gasteiger partial charge is 0.480 e. The fourth-order valence-corrected chi connectivity index (χ4v) is 14.2. The van der Waals surface area contributed by atoms with Crippen molar-refractivity contribution in [3.8, 4) is 0 Å². The number of hydrogen-bond acceptors (Lipinski definition) is 30. The molecule has 2 aromatic rings. The summed E-state index contributed by atoms with van der Waals surface area (Å²) in [6.45, 7) is 3.32. The Balaban J connectivity index is 2.74. The van der Waals surface area contributed by atoms with E-state index in [2.05, 4.69) is 122 Å². The molecule has 2 rings (SSSR count). The molecule has 0 saturated heterocycles. The van der Waals surface area contributed by atoms with Crippen molar-refractivity contribution in [2.75, 3.05) is 71.2 Å². The van der Waals surface area contributed by atoms with Gasteiger partial charge in [-0.3, -0.25) is 113 Å². The van der Waals surface area contributed by atoms with Crippen LogP contribution < -0.4 is 158 Å². The highest BCUT2D eigenvalue weighted by Crippen LogP contribution is 2.35. The van der Waals surface area contributed by atoms with Gasteiger partial charge >= 0.3 is 21.2 Å². The number of guanidine groups is 6. The number of carboxylic acids is 1. The second kappa shape index (κ2) is 66.3. The van der Waals surface area contributed by atoms with Crippen molar-refractivity contribution in [2.45, 2.75) is 266 Å². The minimum Gasteiger partial charge on any atom is -0.480 e.